The number of carboxylic acid groups (broad SMARTS) is 1. The molecule has 0 aromatic heterocycles. The molecule has 1 aromatic carbocycles. The Kier molecular flexibility index (Phi) is 5.63. The van der Waals surface area contributed by atoms with E-state index in [1.165, 1.54) is 12.1 Å². The van der Waals surface area contributed by atoms with Gasteiger partial charge in [-0.15, -0.1) is 0 Å². The smallest absolute Gasteiger partial charge is 0.306 e. The molecule has 0 saturated carbocycles. The molecule has 0 aliphatic carbocycles. The lowest BCUT2D eigenvalue weighted by atomic mass is 9.96. The van der Waals surface area contributed by atoms with Crippen LogP contribution in [0.15, 0.2) is 24.3 Å². The van der Waals surface area contributed by atoms with Crippen LogP contribution in [0.2, 0.25) is 0 Å². The molecule has 0 aliphatic heterocycles. The molecule has 0 amide bonds. The second-order valence-electron chi connectivity index (χ2n) is 3.85. The molecule has 1 aromatic rings. The Hall–Kier alpha value is -1.42. The third-order valence-electron chi connectivity index (χ3n) is 2.54. The number of carboxylic acids is 1. The zero-order chi connectivity index (χ0) is 12.7. The number of rotatable bonds is 7. The number of halogens is 1. The molecule has 0 fully saturated rings. The van der Waals surface area contributed by atoms with E-state index in [1.807, 2.05) is 6.92 Å². The monoisotopic (exact) mass is 240 g/mol. The second-order valence-corrected chi connectivity index (χ2v) is 3.85. The van der Waals surface area contributed by atoms with Gasteiger partial charge in [0, 0.05) is 13.2 Å². The molecule has 3 nitrogen and oxygen atoms in total. The minimum Gasteiger partial charge on any atom is -0.481 e. The fourth-order valence-electron chi connectivity index (χ4n) is 1.63. The summed E-state index contributed by atoms with van der Waals surface area (Å²) in [5, 5.41) is 9.05. The van der Waals surface area contributed by atoms with Gasteiger partial charge in [0.2, 0.25) is 0 Å². The number of hydrogen-bond acceptors (Lipinski definition) is 2. The molecule has 0 spiro atoms. The quantitative estimate of drug-likeness (QED) is 0.745. The number of ether oxygens (including phenoxy) is 1. The summed E-state index contributed by atoms with van der Waals surface area (Å²) in [7, 11) is 0. The topological polar surface area (TPSA) is 46.5 Å². The zero-order valence-corrected chi connectivity index (χ0v) is 9.86. The molecular formula is C13H17FO3. The first kappa shape index (κ1) is 13.6. The average molecular weight is 240 g/mol. The first-order chi connectivity index (χ1) is 8.13. The fourth-order valence-corrected chi connectivity index (χ4v) is 1.63. The SMILES string of the molecule is CCOCCC(Cc1cccc(F)c1)C(=O)O. The van der Waals surface area contributed by atoms with Crippen molar-refractivity contribution in [2.45, 2.75) is 19.8 Å². The molecule has 1 unspecified atom stereocenters. The summed E-state index contributed by atoms with van der Waals surface area (Å²) in [6.07, 6.45) is 0.778. The van der Waals surface area contributed by atoms with Gasteiger partial charge < -0.3 is 9.84 Å². The summed E-state index contributed by atoms with van der Waals surface area (Å²) in [5.74, 6) is -1.73. The molecule has 0 heterocycles. The number of aliphatic carboxylic acids is 1. The molecule has 0 bridgehead atoms. The van der Waals surface area contributed by atoms with E-state index < -0.39 is 11.9 Å². The van der Waals surface area contributed by atoms with Gasteiger partial charge in [0.15, 0.2) is 0 Å². The zero-order valence-electron chi connectivity index (χ0n) is 9.86. The highest BCUT2D eigenvalue weighted by Crippen LogP contribution is 2.14. The molecule has 1 atom stereocenters. The summed E-state index contributed by atoms with van der Waals surface area (Å²) in [6.45, 7) is 2.86. The average Bonchev–Trinajstić information content (AvgIpc) is 2.28. The number of hydrogen-bond donors (Lipinski definition) is 1. The largest absolute Gasteiger partial charge is 0.481 e. The van der Waals surface area contributed by atoms with Crippen molar-refractivity contribution in [2.24, 2.45) is 5.92 Å². The van der Waals surface area contributed by atoms with E-state index >= 15 is 0 Å². The molecular weight excluding hydrogens is 223 g/mol. The highest BCUT2D eigenvalue weighted by atomic mass is 19.1. The van der Waals surface area contributed by atoms with Crippen LogP contribution in [0.4, 0.5) is 4.39 Å². The van der Waals surface area contributed by atoms with Crippen LogP contribution < -0.4 is 0 Å². The van der Waals surface area contributed by atoms with Gasteiger partial charge >= 0.3 is 5.97 Å². The van der Waals surface area contributed by atoms with Crippen molar-refractivity contribution < 1.29 is 19.0 Å². The van der Waals surface area contributed by atoms with Crippen LogP contribution in [0.25, 0.3) is 0 Å². The Balaban J connectivity index is 2.57. The Morgan fingerprint density at radius 1 is 1.53 bits per heavy atom. The molecule has 0 radical (unpaired) electrons. The van der Waals surface area contributed by atoms with Gasteiger partial charge in [-0.25, -0.2) is 4.39 Å². The first-order valence-corrected chi connectivity index (χ1v) is 5.68. The maximum Gasteiger partial charge on any atom is 0.306 e. The highest BCUT2D eigenvalue weighted by molar-refractivity contribution is 5.70. The van der Waals surface area contributed by atoms with Crippen LogP contribution in [-0.4, -0.2) is 24.3 Å². The van der Waals surface area contributed by atoms with Gasteiger partial charge in [-0.05, 0) is 37.5 Å². The lowest BCUT2D eigenvalue weighted by molar-refractivity contribution is -0.142. The standard InChI is InChI=1S/C13H17FO3/c1-2-17-7-6-11(13(15)16)8-10-4-3-5-12(14)9-10/h3-5,9,11H,2,6-8H2,1H3,(H,15,16). The van der Waals surface area contributed by atoms with Crippen molar-refractivity contribution in [1.82, 2.24) is 0 Å². The van der Waals surface area contributed by atoms with E-state index in [1.54, 1.807) is 12.1 Å². The van der Waals surface area contributed by atoms with Gasteiger partial charge in [-0.3, -0.25) is 4.79 Å². The van der Waals surface area contributed by atoms with Gasteiger partial charge in [-0.1, -0.05) is 12.1 Å². The maximum atomic E-state index is 13.0. The maximum absolute atomic E-state index is 13.0. The lowest BCUT2D eigenvalue weighted by Crippen LogP contribution is -2.18. The van der Waals surface area contributed by atoms with Gasteiger partial charge in [0.05, 0.1) is 5.92 Å². The minimum absolute atomic E-state index is 0.333. The molecule has 4 heteroatoms. The first-order valence-electron chi connectivity index (χ1n) is 5.68. The Labute approximate surface area is 100 Å². The minimum atomic E-state index is -0.867. The number of benzene rings is 1. The molecule has 17 heavy (non-hydrogen) atoms. The van der Waals surface area contributed by atoms with Crippen LogP contribution in [0, 0.1) is 11.7 Å². The summed E-state index contributed by atoms with van der Waals surface area (Å²) in [5.41, 5.74) is 0.703. The molecule has 94 valence electrons. The van der Waals surface area contributed by atoms with Crippen molar-refractivity contribution in [3.63, 3.8) is 0 Å². The molecule has 0 aliphatic rings. The summed E-state index contributed by atoms with van der Waals surface area (Å²) in [4.78, 5) is 11.0. The highest BCUT2D eigenvalue weighted by Gasteiger charge is 2.17. The van der Waals surface area contributed by atoms with Gasteiger partial charge in [-0.2, -0.15) is 0 Å². The van der Waals surface area contributed by atoms with Crippen molar-refractivity contribution in [3.8, 4) is 0 Å². The third kappa shape index (κ3) is 4.95. The van der Waals surface area contributed by atoms with Crippen LogP contribution in [0.1, 0.15) is 18.9 Å². The van der Waals surface area contributed by atoms with Crippen molar-refractivity contribution in [1.29, 1.82) is 0 Å². The lowest BCUT2D eigenvalue weighted by Gasteiger charge is -2.12. The summed E-state index contributed by atoms with van der Waals surface area (Å²) in [6, 6.07) is 6.04. The predicted octanol–water partition coefficient (Wildman–Crippen LogP) is 2.50. The normalized spacial score (nSPS) is 12.4. The predicted molar refractivity (Wildman–Crippen MR) is 62.3 cm³/mol. The van der Waals surface area contributed by atoms with E-state index in [0.717, 1.165) is 0 Å². The van der Waals surface area contributed by atoms with Crippen molar-refractivity contribution in [2.75, 3.05) is 13.2 Å². The van der Waals surface area contributed by atoms with E-state index in [2.05, 4.69) is 0 Å². The number of carbonyl (C=O) groups is 1. The van der Waals surface area contributed by atoms with Crippen LogP contribution in [0.5, 0.6) is 0 Å². The van der Waals surface area contributed by atoms with Gasteiger partial charge in [0.1, 0.15) is 5.82 Å². The van der Waals surface area contributed by atoms with Crippen molar-refractivity contribution >= 4 is 5.97 Å². The van der Waals surface area contributed by atoms with E-state index in [0.29, 0.717) is 31.6 Å². The van der Waals surface area contributed by atoms with Crippen molar-refractivity contribution in [3.05, 3.63) is 35.6 Å². The van der Waals surface area contributed by atoms with Gasteiger partial charge in [0.25, 0.3) is 0 Å². The Bertz CT molecular complexity index is 365. The second kappa shape index (κ2) is 7.01. The third-order valence-corrected chi connectivity index (χ3v) is 2.54. The summed E-state index contributed by atoms with van der Waals surface area (Å²) < 4.78 is 18.1. The van der Waals surface area contributed by atoms with E-state index in [-0.39, 0.29) is 5.82 Å². The fraction of sp³-hybridized carbons (Fsp3) is 0.462. The Morgan fingerprint density at radius 2 is 2.29 bits per heavy atom. The Morgan fingerprint density at radius 3 is 2.88 bits per heavy atom. The summed E-state index contributed by atoms with van der Waals surface area (Å²) >= 11 is 0. The van der Waals surface area contributed by atoms with Crippen LogP contribution in [-0.2, 0) is 16.0 Å². The van der Waals surface area contributed by atoms with E-state index in [9.17, 15) is 9.18 Å². The van der Waals surface area contributed by atoms with E-state index in [4.69, 9.17) is 9.84 Å². The molecule has 1 rings (SSSR count). The van der Waals surface area contributed by atoms with Crippen LogP contribution in [0.3, 0.4) is 0 Å². The molecule has 1 N–H and O–H groups in total. The molecule has 0 saturated heterocycles. The van der Waals surface area contributed by atoms with Crippen LogP contribution >= 0.6 is 0 Å².